The fraction of sp³-hybridized carbons (Fsp3) is 0.500. The summed E-state index contributed by atoms with van der Waals surface area (Å²) in [7, 11) is 1.54. The Kier molecular flexibility index (Phi) is 3.02. The zero-order valence-electron chi connectivity index (χ0n) is 9.68. The van der Waals surface area contributed by atoms with Crippen molar-refractivity contribution in [2.75, 3.05) is 7.11 Å². The molecule has 0 aliphatic heterocycles. The van der Waals surface area contributed by atoms with Gasteiger partial charge in [0.2, 0.25) is 0 Å². The molecule has 5 nitrogen and oxygen atoms in total. The van der Waals surface area contributed by atoms with E-state index in [0.29, 0.717) is 18.6 Å². The number of non-ortho nitro benzene ring substituents is 1. The van der Waals surface area contributed by atoms with Gasteiger partial charge in [0.1, 0.15) is 5.75 Å². The first-order chi connectivity index (χ1) is 8.04. The van der Waals surface area contributed by atoms with Gasteiger partial charge in [0, 0.05) is 17.7 Å². The molecule has 1 N–H and O–H groups in total. The smallest absolute Gasteiger partial charge is 0.269 e. The molecule has 0 bridgehead atoms. The van der Waals surface area contributed by atoms with E-state index in [1.165, 1.54) is 19.2 Å². The van der Waals surface area contributed by atoms with Gasteiger partial charge in [0.25, 0.3) is 5.69 Å². The van der Waals surface area contributed by atoms with Crippen molar-refractivity contribution in [1.82, 2.24) is 0 Å². The normalized spacial score (nSPS) is 16.6. The molecule has 0 saturated heterocycles. The van der Waals surface area contributed by atoms with Gasteiger partial charge in [0.05, 0.1) is 17.6 Å². The highest BCUT2D eigenvalue weighted by Crippen LogP contribution is 2.40. The Labute approximate surface area is 99.2 Å². The number of aliphatic hydroxyl groups is 1. The number of methoxy groups -OCH3 is 1. The van der Waals surface area contributed by atoms with Crippen LogP contribution in [0.5, 0.6) is 5.75 Å². The van der Waals surface area contributed by atoms with Crippen LogP contribution in [0.25, 0.3) is 0 Å². The molecule has 0 unspecified atom stereocenters. The van der Waals surface area contributed by atoms with E-state index in [1.807, 2.05) is 0 Å². The molecule has 1 aromatic carbocycles. The first kappa shape index (κ1) is 11.9. The van der Waals surface area contributed by atoms with Crippen molar-refractivity contribution < 1.29 is 14.8 Å². The average molecular weight is 237 g/mol. The summed E-state index contributed by atoms with van der Waals surface area (Å²) >= 11 is 0. The summed E-state index contributed by atoms with van der Waals surface area (Å²) in [6, 6.07) is 4.54. The van der Waals surface area contributed by atoms with E-state index in [-0.39, 0.29) is 5.69 Å². The van der Waals surface area contributed by atoms with Gasteiger partial charge in [0.15, 0.2) is 0 Å². The lowest BCUT2D eigenvalue weighted by Gasteiger charge is -2.10. The first-order valence-corrected chi connectivity index (χ1v) is 5.58. The zero-order valence-corrected chi connectivity index (χ0v) is 9.68. The zero-order chi connectivity index (χ0) is 12.5. The second-order valence-electron chi connectivity index (χ2n) is 4.48. The molecule has 5 heteroatoms. The largest absolute Gasteiger partial charge is 0.496 e. The molecule has 92 valence electrons. The highest BCUT2D eigenvalue weighted by atomic mass is 16.6. The number of hydrogen-bond acceptors (Lipinski definition) is 4. The van der Waals surface area contributed by atoms with Crippen molar-refractivity contribution in [3.8, 4) is 5.75 Å². The predicted molar refractivity (Wildman–Crippen MR) is 62.2 cm³/mol. The van der Waals surface area contributed by atoms with Gasteiger partial charge >= 0.3 is 0 Å². The molecule has 2 rings (SSSR count). The second kappa shape index (κ2) is 4.33. The van der Waals surface area contributed by atoms with Crippen molar-refractivity contribution in [2.45, 2.75) is 31.3 Å². The topological polar surface area (TPSA) is 72.6 Å². The summed E-state index contributed by atoms with van der Waals surface area (Å²) in [6.07, 6.45) is 2.88. The third-order valence-corrected chi connectivity index (χ3v) is 3.16. The molecular weight excluding hydrogens is 222 g/mol. The number of nitro groups is 1. The number of nitrogens with zero attached hydrogens (tertiary/aromatic N) is 1. The third-order valence-electron chi connectivity index (χ3n) is 3.16. The number of benzene rings is 1. The van der Waals surface area contributed by atoms with Crippen LogP contribution in [0, 0.1) is 10.1 Å². The number of rotatable bonds is 5. The van der Waals surface area contributed by atoms with Crippen molar-refractivity contribution in [3.63, 3.8) is 0 Å². The summed E-state index contributed by atoms with van der Waals surface area (Å²) in [5.41, 5.74) is 0.293. The lowest BCUT2D eigenvalue weighted by molar-refractivity contribution is -0.384. The fourth-order valence-corrected chi connectivity index (χ4v) is 1.84. The van der Waals surface area contributed by atoms with Gasteiger partial charge in [-0.15, -0.1) is 0 Å². The van der Waals surface area contributed by atoms with E-state index < -0.39 is 10.5 Å². The van der Waals surface area contributed by atoms with E-state index in [9.17, 15) is 15.2 Å². The van der Waals surface area contributed by atoms with E-state index in [4.69, 9.17) is 4.74 Å². The minimum atomic E-state index is -0.546. The Hall–Kier alpha value is -1.62. The van der Waals surface area contributed by atoms with Crippen molar-refractivity contribution in [2.24, 2.45) is 0 Å². The van der Waals surface area contributed by atoms with E-state index in [0.717, 1.165) is 18.4 Å². The molecule has 0 aromatic heterocycles. The molecule has 17 heavy (non-hydrogen) atoms. The Morgan fingerprint density at radius 3 is 2.76 bits per heavy atom. The molecular formula is C12H15NO4. The highest BCUT2D eigenvalue weighted by molar-refractivity contribution is 5.44. The van der Waals surface area contributed by atoms with Gasteiger partial charge in [-0.25, -0.2) is 0 Å². The van der Waals surface area contributed by atoms with Crippen LogP contribution < -0.4 is 4.74 Å². The van der Waals surface area contributed by atoms with Crippen LogP contribution in [0.2, 0.25) is 0 Å². The number of ether oxygens (including phenoxy) is 1. The molecule has 1 saturated carbocycles. The lowest BCUT2D eigenvalue weighted by atomic mass is 10.0. The summed E-state index contributed by atoms with van der Waals surface area (Å²) in [6.45, 7) is 0. The monoisotopic (exact) mass is 237 g/mol. The van der Waals surface area contributed by atoms with Crippen molar-refractivity contribution >= 4 is 5.69 Å². The van der Waals surface area contributed by atoms with Gasteiger partial charge < -0.3 is 9.84 Å². The van der Waals surface area contributed by atoms with Crippen molar-refractivity contribution in [3.05, 3.63) is 33.9 Å². The molecule has 0 spiro atoms. The van der Waals surface area contributed by atoms with Crippen LogP contribution in [0.1, 0.15) is 24.8 Å². The predicted octanol–water partition coefficient (Wildman–Crippen LogP) is 2.06. The first-order valence-electron chi connectivity index (χ1n) is 5.58. The Morgan fingerprint density at radius 2 is 2.24 bits per heavy atom. The van der Waals surface area contributed by atoms with Crippen LogP contribution >= 0.6 is 0 Å². The van der Waals surface area contributed by atoms with Gasteiger partial charge in [-0.05, 0) is 31.7 Å². The Balaban J connectivity index is 2.16. The lowest BCUT2D eigenvalue weighted by Crippen LogP contribution is -2.08. The van der Waals surface area contributed by atoms with Gasteiger partial charge in [-0.3, -0.25) is 10.1 Å². The number of aryl methyl sites for hydroxylation is 1. The van der Waals surface area contributed by atoms with Crippen LogP contribution in [-0.4, -0.2) is 22.7 Å². The maximum atomic E-state index is 10.7. The summed E-state index contributed by atoms with van der Waals surface area (Å²) in [4.78, 5) is 10.3. The van der Waals surface area contributed by atoms with Crippen LogP contribution in [0.4, 0.5) is 5.69 Å². The minimum absolute atomic E-state index is 0.0589. The van der Waals surface area contributed by atoms with E-state index in [2.05, 4.69) is 0 Å². The third kappa shape index (κ3) is 2.74. The molecule has 0 radical (unpaired) electrons. The molecule has 1 aromatic rings. The molecule has 0 atom stereocenters. The standard InChI is InChI=1S/C12H15NO4/c1-17-11-3-2-10(13(15)16)8-9(11)4-5-12(14)6-7-12/h2-3,8,14H,4-7H2,1H3. The summed E-state index contributed by atoms with van der Waals surface area (Å²) in [5, 5.41) is 20.4. The van der Waals surface area contributed by atoms with Crippen LogP contribution in [0.3, 0.4) is 0 Å². The molecule has 0 heterocycles. The maximum Gasteiger partial charge on any atom is 0.269 e. The fourth-order valence-electron chi connectivity index (χ4n) is 1.84. The van der Waals surface area contributed by atoms with Crippen LogP contribution in [0.15, 0.2) is 18.2 Å². The average Bonchev–Trinajstić information content (AvgIpc) is 3.05. The SMILES string of the molecule is COc1ccc([N+](=O)[O-])cc1CCC1(O)CC1. The highest BCUT2D eigenvalue weighted by Gasteiger charge is 2.39. The molecule has 0 amide bonds. The maximum absolute atomic E-state index is 10.7. The van der Waals surface area contributed by atoms with Crippen LogP contribution in [-0.2, 0) is 6.42 Å². The van der Waals surface area contributed by atoms with E-state index >= 15 is 0 Å². The quantitative estimate of drug-likeness (QED) is 0.628. The summed E-state index contributed by atoms with van der Waals surface area (Å²) in [5.74, 6) is 0.639. The van der Waals surface area contributed by atoms with Gasteiger partial charge in [-0.2, -0.15) is 0 Å². The molecule has 1 fully saturated rings. The number of nitro benzene ring substituents is 1. The molecule has 1 aliphatic carbocycles. The summed E-state index contributed by atoms with van der Waals surface area (Å²) < 4.78 is 5.16. The minimum Gasteiger partial charge on any atom is -0.496 e. The number of hydrogen-bond donors (Lipinski definition) is 1. The Bertz CT molecular complexity index is 440. The second-order valence-corrected chi connectivity index (χ2v) is 4.48. The molecule has 1 aliphatic rings. The Morgan fingerprint density at radius 1 is 1.53 bits per heavy atom. The van der Waals surface area contributed by atoms with Crippen molar-refractivity contribution in [1.29, 1.82) is 0 Å². The van der Waals surface area contributed by atoms with Gasteiger partial charge in [-0.1, -0.05) is 0 Å². The van der Waals surface area contributed by atoms with E-state index in [1.54, 1.807) is 6.07 Å².